The zero-order valence-electron chi connectivity index (χ0n) is 10.3. The van der Waals surface area contributed by atoms with Gasteiger partial charge in [-0.3, -0.25) is 15.0 Å². The van der Waals surface area contributed by atoms with Gasteiger partial charge < -0.3 is 0 Å². The Labute approximate surface area is 96.0 Å². The van der Waals surface area contributed by atoms with Crippen LogP contribution >= 0.6 is 0 Å². The van der Waals surface area contributed by atoms with Gasteiger partial charge in [0.05, 0.1) is 11.2 Å². The molecule has 2 rings (SSSR count). The van der Waals surface area contributed by atoms with Gasteiger partial charge in [0.25, 0.3) is 0 Å². The summed E-state index contributed by atoms with van der Waals surface area (Å²) in [6.45, 7) is 8.58. The Morgan fingerprint density at radius 2 is 1.81 bits per heavy atom. The van der Waals surface area contributed by atoms with Crippen LogP contribution < -0.4 is 0 Å². The molecule has 0 aliphatic rings. The predicted octanol–water partition coefficient (Wildman–Crippen LogP) is 2.88. The smallest absolute Gasteiger partial charge is 0.111 e. The fourth-order valence-electron chi connectivity index (χ4n) is 1.73. The largest absolute Gasteiger partial charge is 0.255 e. The first-order valence-corrected chi connectivity index (χ1v) is 5.63. The van der Waals surface area contributed by atoms with Crippen LogP contribution in [0.1, 0.15) is 39.1 Å². The molecule has 2 heterocycles. The first kappa shape index (κ1) is 11.0. The molecule has 0 saturated heterocycles. The number of fused-ring (bicyclic) bond motifs is 1. The molecule has 0 atom stereocenters. The summed E-state index contributed by atoms with van der Waals surface area (Å²) in [5.74, 6) is 0. The molecule has 0 unspecified atom stereocenters. The minimum Gasteiger partial charge on any atom is -0.255 e. The lowest BCUT2D eigenvalue weighted by Gasteiger charge is -2.19. The molecule has 0 aliphatic heterocycles. The van der Waals surface area contributed by atoms with E-state index in [0.29, 0.717) is 0 Å². The molecule has 0 fully saturated rings. The molecule has 0 aliphatic carbocycles. The lowest BCUT2D eigenvalue weighted by Crippen LogP contribution is -2.16. The van der Waals surface area contributed by atoms with E-state index in [-0.39, 0.29) is 5.41 Å². The maximum Gasteiger partial charge on any atom is 0.111 e. The van der Waals surface area contributed by atoms with Gasteiger partial charge in [0.2, 0.25) is 0 Å². The maximum atomic E-state index is 4.69. The third kappa shape index (κ3) is 1.90. The van der Waals surface area contributed by atoms with E-state index in [0.717, 1.165) is 28.8 Å². The predicted molar refractivity (Wildman–Crippen MR) is 65.4 cm³/mol. The van der Waals surface area contributed by atoms with Gasteiger partial charge >= 0.3 is 0 Å². The van der Waals surface area contributed by atoms with Gasteiger partial charge in [0.1, 0.15) is 5.52 Å². The van der Waals surface area contributed by atoms with Gasteiger partial charge in [-0.15, -0.1) is 0 Å². The second-order valence-electron chi connectivity index (χ2n) is 4.99. The highest BCUT2D eigenvalue weighted by molar-refractivity contribution is 5.77. The Bertz CT molecular complexity index is 512. The summed E-state index contributed by atoms with van der Waals surface area (Å²) in [6, 6.07) is 2.03. The highest BCUT2D eigenvalue weighted by Crippen LogP contribution is 2.26. The molecule has 3 nitrogen and oxygen atoms in total. The van der Waals surface area contributed by atoms with Crippen molar-refractivity contribution in [1.29, 1.82) is 0 Å². The van der Waals surface area contributed by atoms with Crippen molar-refractivity contribution in [2.24, 2.45) is 0 Å². The molecule has 0 saturated carbocycles. The van der Waals surface area contributed by atoms with Crippen LogP contribution in [0.5, 0.6) is 0 Å². The van der Waals surface area contributed by atoms with Crippen LogP contribution in [0.2, 0.25) is 0 Å². The summed E-state index contributed by atoms with van der Waals surface area (Å²) in [4.78, 5) is 13.4. The number of nitrogens with zero attached hydrogens (tertiary/aromatic N) is 3. The molecule has 0 N–H and O–H groups in total. The van der Waals surface area contributed by atoms with Crippen LogP contribution in [-0.2, 0) is 11.8 Å². The molecular formula is C13H17N3. The number of rotatable bonds is 1. The highest BCUT2D eigenvalue weighted by Gasteiger charge is 2.20. The van der Waals surface area contributed by atoms with Crippen LogP contribution in [0, 0.1) is 0 Å². The molecule has 2 aromatic heterocycles. The van der Waals surface area contributed by atoms with Crippen LogP contribution in [0.4, 0.5) is 0 Å². The van der Waals surface area contributed by atoms with Crippen LogP contribution in [0.3, 0.4) is 0 Å². The van der Waals surface area contributed by atoms with E-state index in [1.165, 1.54) is 0 Å². The van der Waals surface area contributed by atoms with E-state index >= 15 is 0 Å². The van der Waals surface area contributed by atoms with Gasteiger partial charge in [-0.1, -0.05) is 27.7 Å². The summed E-state index contributed by atoms with van der Waals surface area (Å²) in [7, 11) is 0. The van der Waals surface area contributed by atoms with Crippen LogP contribution in [-0.4, -0.2) is 15.0 Å². The molecule has 0 amide bonds. The Hall–Kier alpha value is -1.51. The van der Waals surface area contributed by atoms with E-state index in [4.69, 9.17) is 0 Å². The van der Waals surface area contributed by atoms with Crippen molar-refractivity contribution < 1.29 is 0 Å². The van der Waals surface area contributed by atoms with Crippen LogP contribution in [0.15, 0.2) is 18.5 Å². The minimum atomic E-state index is -0.000532. The average molecular weight is 215 g/mol. The summed E-state index contributed by atoms with van der Waals surface area (Å²) in [6.07, 6.45) is 4.38. The number of pyridine rings is 1. The Morgan fingerprint density at radius 3 is 2.44 bits per heavy atom. The third-order valence-corrected chi connectivity index (χ3v) is 2.58. The summed E-state index contributed by atoms with van der Waals surface area (Å²) < 4.78 is 0. The monoisotopic (exact) mass is 215 g/mol. The quantitative estimate of drug-likeness (QED) is 0.734. The van der Waals surface area contributed by atoms with E-state index in [2.05, 4.69) is 42.6 Å². The first-order valence-electron chi connectivity index (χ1n) is 5.63. The van der Waals surface area contributed by atoms with E-state index < -0.39 is 0 Å². The van der Waals surface area contributed by atoms with Gasteiger partial charge in [-0.05, 0) is 12.5 Å². The van der Waals surface area contributed by atoms with Gasteiger partial charge in [0, 0.05) is 23.5 Å². The van der Waals surface area contributed by atoms with Crippen LogP contribution in [0.25, 0.3) is 11.0 Å². The molecule has 0 bridgehead atoms. The average Bonchev–Trinajstić information content (AvgIpc) is 2.26. The summed E-state index contributed by atoms with van der Waals surface area (Å²) >= 11 is 0. The van der Waals surface area contributed by atoms with Crippen molar-refractivity contribution >= 4 is 11.0 Å². The van der Waals surface area contributed by atoms with Crippen molar-refractivity contribution in [3.8, 4) is 0 Å². The van der Waals surface area contributed by atoms with Gasteiger partial charge in [-0.25, -0.2) is 0 Å². The molecule has 2 aromatic rings. The van der Waals surface area contributed by atoms with Crippen molar-refractivity contribution in [2.45, 2.75) is 39.5 Å². The molecule has 0 radical (unpaired) electrons. The molecular weight excluding hydrogens is 198 g/mol. The molecule has 84 valence electrons. The third-order valence-electron chi connectivity index (χ3n) is 2.58. The summed E-state index contributed by atoms with van der Waals surface area (Å²) in [5.41, 5.74) is 3.98. The molecule has 16 heavy (non-hydrogen) atoms. The van der Waals surface area contributed by atoms with Crippen molar-refractivity contribution in [3.63, 3.8) is 0 Å². The molecule has 0 aromatic carbocycles. The van der Waals surface area contributed by atoms with E-state index in [1.807, 2.05) is 6.07 Å². The fraction of sp³-hybridized carbons (Fsp3) is 0.462. The number of hydrogen-bond acceptors (Lipinski definition) is 3. The molecule has 3 heteroatoms. The topological polar surface area (TPSA) is 38.7 Å². The lowest BCUT2D eigenvalue weighted by molar-refractivity contribution is 0.571. The first-order chi connectivity index (χ1) is 7.52. The molecule has 0 spiro atoms. The van der Waals surface area contributed by atoms with Crippen molar-refractivity contribution in [1.82, 2.24) is 15.0 Å². The number of hydrogen-bond donors (Lipinski definition) is 0. The van der Waals surface area contributed by atoms with Crippen molar-refractivity contribution in [2.75, 3.05) is 0 Å². The standard InChI is InChI=1S/C13H17N3/c1-5-9-8-10-11(15-7-6-14-10)12(16-9)13(2,3)4/h6-8H,5H2,1-4H3. The zero-order valence-corrected chi connectivity index (χ0v) is 10.3. The lowest BCUT2D eigenvalue weighted by atomic mass is 9.90. The Morgan fingerprint density at radius 1 is 1.12 bits per heavy atom. The summed E-state index contributed by atoms with van der Waals surface area (Å²) in [5, 5.41) is 0. The zero-order chi connectivity index (χ0) is 11.8. The van der Waals surface area contributed by atoms with Gasteiger partial charge in [0.15, 0.2) is 0 Å². The normalized spacial score (nSPS) is 12.0. The SMILES string of the molecule is CCc1cc2nccnc2c(C(C)(C)C)n1. The Balaban J connectivity index is 2.79. The van der Waals surface area contributed by atoms with Crippen molar-refractivity contribution in [3.05, 3.63) is 29.8 Å². The second-order valence-corrected chi connectivity index (χ2v) is 4.99. The second kappa shape index (κ2) is 3.81. The van der Waals surface area contributed by atoms with Gasteiger partial charge in [-0.2, -0.15) is 0 Å². The van der Waals surface area contributed by atoms with E-state index in [9.17, 15) is 0 Å². The number of aryl methyl sites for hydroxylation is 1. The highest BCUT2D eigenvalue weighted by atomic mass is 14.8. The number of aromatic nitrogens is 3. The minimum absolute atomic E-state index is 0.000532. The maximum absolute atomic E-state index is 4.69. The fourth-order valence-corrected chi connectivity index (χ4v) is 1.73. The van der Waals surface area contributed by atoms with E-state index in [1.54, 1.807) is 12.4 Å². The Kier molecular flexibility index (Phi) is 2.62.